The quantitative estimate of drug-likeness (QED) is 0.651. The molecule has 0 amide bonds. The smallest absolute Gasteiger partial charge is 0.209 e. The Balaban J connectivity index is 2.00. The van der Waals surface area contributed by atoms with E-state index in [0.717, 1.165) is 23.6 Å². The van der Waals surface area contributed by atoms with Crippen LogP contribution in [0.2, 0.25) is 0 Å². The van der Waals surface area contributed by atoms with Crippen LogP contribution in [0.5, 0.6) is 0 Å². The molecule has 2 N–H and O–H groups in total. The Morgan fingerprint density at radius 2 is 1.88 bits per heavy atom. The largest absolute Gasteiger partial charge is 0.383 e. The predicted octanol–water partition coefficient (Wildman–Crippen LogP) is 3.37. The van der Waals surface area contributed by atoms with Gasteiger partial charge in [0.25, 0.3) is 0 Å². The number of sulfonamides is 1. The SMILES string of the molecule is COCC(NS(C)(=O)=O)c1ccccc1CNC(C)CC1CCCCC1. The van der Waals surface area contributed by atoms with Crippen molar-refractivity contribution >= 4 is 10.0 Å². The first kappa shape index (κ1) is 21.4. The molecule has 1 aromatic rings. The molecule has 0 bridgehead atoms. The highest BCUT2D eigenvalue weighted by molar-refractivity contribution is 7.88. The summed E-state index contributed by atoms with van der Waals surface area (Å²) in [4.78, 5) is 0. The van der Waals surface area contributed by atoms with Crippen molar-refractivity contribution in [3.05, 3.63) is 35.4 Å². The lowest BCUT2D eigenvalue weighted by molar-refractivity contribution is 0.175. The highest BCUT2D eigenvalue weighted by Crippen LogP contribution is 2.27. The van der Waals surface area contributed by atoms with Gasteiger partial charge >= 0.3 is 0 Å². The first-order valence-electron chi connectivity index (χ1n) is 9.66. The molecule has 0 radical (unpaired) electrons. The van der Waals surface area contributed by atoms with Gasteiger partial charge in [-0.05, 0) is 30.4 Å². The van der Waals surface area contributed by atoms with Crippen molar-refractivity contribution in [2.75, 3.05) is 20.0 Å². The van der Waals surface area contributed by atoms with Gasteiger partial charge in [-0.3, -0.25) is 0 Å². The Labute approximate surface area is 159 Å². The Hall–Kier alpha value is -0.950. The number of ether oxygens (including phenoxy) is 1. The van der Waals surface area contributed by atoms with Gasteiger partial charge in [-0.15, -0.1) is 0 Å². The van der Waals surface area contributed by atoms with Crippen LogP contribution in [0.3, 0.4) is 0 Å². The zero-order valence-corrected chi connectivity index (χ0v) is 17.1. The topological polar surface area (TPSA) is 67.4 Å². The van der Waals surface area contributed by atoms with Crippen molar-refractivity contribution in [1.29, 1.82) is 0 Å². The summed E-state index contributed by atoms with van der Waals surface area (Å²) in [6.07, 6.45) is 9.24. The van der Waals surface area contributed by atoms with Crippen molar-refractivity contribution in [3.8, 4) is 0 Å². The average Bonchev–Trinajstić information content (AvgIpc) is 2.60. The van der Waals surface area contributed by atoms with Gasteiger partial charge in [0.1, 0.15) is 0 Å². The van der Waals surface area contributed by atoms with E-state index in [1.807, 2.05) is 18.2 Å². The van der Waals surface area contributed by atoms with Gasteiger partial charge in [0.15, 0.2) is 0 Å². The minimum absolute atomic E-state index is 0.307. The Bertz CT molecular complexity index is 642. The van der Waals surface area contributed by atoms with Crippen LogP contribution >= 0.6 is 0 Å². The number of hydrogen-bond donors (Lipinski definition) is 2. The molecule has 0 aliphatic heterocycles. The second-order valence-corrected chi connectivity index (χ2v) is 9.40. The molecule has 0 heterocycles. The van der Waals surface area contributed by atoms with Crippen LogP contribution in [0.1, 0.15) is 62.6 Å². The molecule has 148 valence electrons. The van der Waals surface area contributed by atoms with Gasteiger partial charge in [0, 0.05) is 19.7 Å². The molecule has 26 heavy (non-hydrogen) atoms. The number of rotatable bonds is 10. The zero-order chi connectivity index (χ0) is 19.0. The van der Waals surface area contributed by atoms with Crippen molar-refractivity contribution in [2.24, 2.45) is 5.92 Å². The summed E-state index contributed by atoms with van der Waals surface area (Å²) in [5.74, 6) is 0.842. The van der Waals surface area contributed by atoms with Crippen LogP contribution < -0.4 is 10.0 Å². The molecule has 1 aliphatic carbocycles. The van der Waals surface area contributed by atoms with E-state index in [1.54, 1.807) is 7.11 Å². The third kappa shape index (κ3) is 7.35. The van der Waals surface area contributed by atoms with E-state index in [2.05, 4.69) is 23.0 Å². The van der Waals surface area contributed by atoms with Crippen LogP contribution in [-0.4, -0.2) is 34.4 Å². The minimum atomic E-state index is -3.31. The molecule has 2 rings (SSSR count). The molecule has 0 spiro atoms. The molecule has 1 aliphatic rings. The molecule has 2 atom stereocenters. The van der Waals surface area contributed by atoms with Gasteiger partial charge in [0.2, 0.25) is 10.0 Å². The standard InChI is InChI=1S/C20H34N2O3S/c1-16(13-17-9-5-4-6-10-17)21-14-18-11-7-8-12-19(18)20(15-25-2)22-26(3,23)24/h7-8,11-12,16-17,20-22H,4-6,9-10,13-15H2,1-3H3. The Morgan fingerprint density at radius 1 is 1.19 bits per heavy atom. The van der Waals surface area contributed by atoms with Gasteiger partial charge in [-0.25, -0.2) is 13.1 Å². The lowest BCUT2D eigenvalue weighted by Gasteiger charge is -2.26. The first-order chi connectivity index (χ1) is 12.4. The molecule has 0 aromatic heterocycles. The molecule has 6 heteroatoms. The average molecular weight is 383 g/mol. The van der Waals surface area contributed by atoms with E-state index in [4.69, 9.17) is 4.74 Å². The third-order valence-electron chi connectivity index (χ3n) is 5.17. The zero-order valence-electron chi connectivity index (χ0n) is 16.3. The highest BCUT2D eigenvalue weighted by Gasteiger charge is 2.20. The van der Waals surface area contributed by atoms with Crippen LogP contribution in [0.4, 0.5) is 0 Å². The molecule has 2 unspecified atom stereocenters. The van der Waals surface area contributed by atoms with E-state index in [9.17, 15) is 8.42 Å². The molecule has 5 nitrogen and oxygen atoms in total. The molecule has 1 saturated carbocycles. The van der Waals surface area contributed by atoms with E-state index >= 15 is 0 Å². The molecule has 1 fully saturated rings. The van der Waals surface area contributed by atoms with Crippen molar-refractivity contribution < 1.29 is 13.2 Å². The summed E-state index contributed by atoms with van der Waals surface area (Å²) < 4.78 is 31.3. The maximum Gasteiger partial charge on any atom is 0.209 e. The van der Waals surface area contributed by atoms with E-state index in [-0.39, 0.29) is 6.04 Å². The van der Waals surface area contributed by atoms with E-state index in [1.165, 1.54) is 44.8 Å². The predicted molar refractivity (Wildman–Crippen MR) is 107 cm³/mol. The third-order valence-corrected chi connectivity index (χ3v) is 5.89. The maximum absolute atomic E-state index is 11.7. The normalized spacial score (nSPS) is 18.6. The lowest BCUT2D eigenvalue weighted by atomic mass is 9.85. The number of hydrogen-bond acceptors (Lipinski definition) is 4. The molecule has 0 saturated heterocycles. The fraction of sp³-hybridized carbons (Fsp3) is 0.700. The summed E-state index contributed by atoms with van der Waals surface area (Å²) in [7, 11) is -1.72. The number of benzene rings is 1. The van der Waals surface area contributed by atoms with Crippen LogP contribution in [-0.2, 0) is 21.3 Å². The van der Waals surface area contributed by atoms with Crippen molar-refractivity contribution in [3.63, 3.8) is 0 Å². The minimum Gasteiger partial charge on any atom is -0.383 e. The van der Waals surface area contributed by atoms with Gasteiger partial charge in [-0.2, -0.15) is 0 Å². The number of methoxy groups -OCH3 is 1. The second-order valence-electron chi connectivity index (χ2n) is 7.62. The summed E-state index contributed by atoms with van der Waals surface area (Å²) in [5.41, 5.74) is 2.08. The fourth-order valence-corrected chi connectivity index (χ4v) is 4.65. The maximum atomic E-state index is 11.7. The Kier molecular flexibility index (Phi) is 8.54. The first-order valence-corrected chi connectivity index (χ1v) is 11.6. The highest BCUT2D eigenvalue weighted by atomic mass is 32.2. The summed E-state index contributed by atoms with van der Waals surface area (Å²) in [6, 6.07) is 8.05. The van der Waals surface area contributed by atoms with Gasteiger partial charge < -0.3 is 10.1 Å². The van der Waals surface area contributed by atoms with Gasteiger partial charge in [-0.1, -0.05) is 56.4 Å². The van der Waals surface area contributed by atoms with Crippen LogP contribution in [0.25, 0.3) is 0 Å². The van der Waals surface area contributed by atoms with Crippen molar-refractivity contribution in [2.45, 2.75) is 64.1 Å². The van der Waals surface area contributed by atoms with E-state index in [0.29, 0.717) is 12.6 Å². The monoisotopic (exact) mass is 382 g/mol. The fourth-order valence-electron chi connectivity index (χ4n) is 3.94. The van der Waals surface area contributed by atoms with Crippen LogP contribution in [0.15, 0.2) is 24.3 Å². The Morgan fingerprint density at radius 3 is 2.54 bits per heavy atom. The van der Waals surface area contributed by atoms with Gasteiger partial charge in [0.05, 0.1) is 18.9 Å². The van der Waals surface area contributed by atoms with E-state index < -0.39 is 10.0 Å². The summed E-state index contributed by atoms with van der Waals surface area (Å²) >= 11 is 0. The molecular formula is C20H34N2O3S. The second kappa shape index (κ2) is 10.4. The molecule has 1 aromatic carbocycles. The lowest BCUT2D eigenvalue weighted by Crippen LogP contribution is -2.33. The van der Waals surface area contributed by atoms with Crippen LogP contribution in [0, 0.1) is 5.92 Å². The molecular weight excluding hydrogens is 348 g/mol. The number of nitrogens with one attached hydrogen (secondary N) is 2. The van der Waals surface area contributed by atoms with Crippen molar-refractivity contribution in [1.82, 2.24) is 10.0 Å². The summed E-state index contributed by atoms with van der Waals surface area (Å²) in [6.45, 7) is 3.29. The summed E-state index contributed by atoms with van der Waals surface area (Å²) in [5, 5.41) is 3.63.